The van der Waals surface area contributed by atoms with Gasteiger partial charge in [0.1, 0.15) is 0 Å². The molecule has 0 saturated heterocycles. The Hall–Kier alpha value is -4.69. The van der Waals surface area contributed by atoms with Crippen LogP contribution in [0, 0.1) is 0 Å². The quantitative estimate of drug-likeness (QED) is 0.0625. The number of hydrogen-bond acceptors (Lipinski definition) is 4. The summed E-state index contributed by atoms with van der Waals surface area (Å²) in [5, 5.41) is 31.5. The molecule has 0 aromatic heterocycles. The van der Waals surface area contributed by atoms with Crippen LogP contribution in [0.5, 0.6) is 0 Å². The molecule has 0 saturated carbocycles. The van der Waals surface area contributed by atoms with Gasteiger partial charge in [0, 0.05) is 11.2 Å². The fraction of sp³-hybridized carbons (Fsp3) is 0.129. The van der Waals surface area contributed by atoms with E-state index in [1.165, 1.54) is 47.7 Å². The molecule has 0 N–H and O–H groups in total. The van der Waals surface area contributed by atoms with Gasteiger partial charge in [-0.2, -0.15) is 0 Å². The Kier molecular flexibility index (Phi) is 28.2. The van der Waals surface area contributed by atoms with Crippen molar-refractivity contribution < 1.29 is 35.4 Å². The van der Waals surface area contributed by atoms with E-state index in [0.29, 0.717) is 0 Å². The van der Waals surface area contributed by atoms with Crippen molar-refractivity contribution in [2.45, 2.75) is 52.7 Å². The monoisotopic (exact) mass is 1140 g/mol. The van der Waals surface area contributed by atoms with Crippen LogP contribution in [0.4, 0.5) is 0 Å². The fourth-order valence-electron chi connectivity index (χ4n) is 6.54. The van der Waals surface area contributed by atoms with E-state index in [4.69, 9.17) is 19.4 Å². The molecular weight excluding hydrogens is 1070 g/mol. The van der Waals surface area contributed by atoms with Crippen molar-refractivity contribution in [3.05, 3.63) is 273 Å². The minimum absolute atomic E-state index is 0.346. The topological polar surface area (TPSA) is 64.6 Å². The van der Waals surface area contributed by atoms with Crippen molar-refractivity contribution in [2.75, 3.05) is 0 Å². The van der Waals surface area contributed by atoms with E-state index >= 15 is 0 Å². The fourth-order valence-corrected chi connectivity index (χ4v) is 13.5. The van der Waals surface area contributed by atoms with E-state index in [1.54, 1.807) is 41.5 Å². The molecule has 72 heavy (non-hydrogen) atoms. The average molecular weight is 1140 g/mol. The maximum Gasteiger partial charge on any atom is -0.0134 e. The summed E-state index contributed by atoms with van der Waals surface area (Å²) >= 11 is -0.346. The molecule has 0 unspecified atom stereocenters. The van der Waals surface area contributed by atoms with Crippen LogP contribution in [0.15, 0.2) is 273 Å². The summed E-state index contributed by atoms with van der Waals surface area (Å²) < 4.78 is 0. The molecule has 0 aliphatic carbocycles. The molecule has 0 heterocycles. The molecule has 9 aromatic rings. The van der Waals surface area contributed by atoms with E-state index in [1.807, 2.05) is 0 Å². The Bertz CT molecular complexity index is 2130. The Labute approximate surface area is 448 Å². The predicted molar refractivity (Wildman–Crippen MR) is 309 cm³/mol. The summed E-state index contributed by atoms with van der Waals surface area (Å²) in [5.74, 6) is 0. The number of halogens is 2. The summed E-state index contributed by atoms with van der Waals surface area (Å²) in [5.41, 5.74) is -1.03. The van der Waals surface area contributed by atoms with Gasteiger partial charge in [-0.3, -0.25) is 0 Å². The zero-order chi connectivity index (χ0) is 51.9. The molecule has 0 aliphatic rings. The molecule has 372 valence electrons. The molecule has 0 amide bonds. The molecule has 4 nitrogen and oxygen atoms in total. The third kappa shape index (κ3) is 22.6. The summed E-state index contributed by atoms with van der Waals surface area (Å²) in [6.45, 7) is 10.3. The van der Waals surface area contributed by atoms with Gasteiger partial charge in [0.2, 0.25) is 0 Å². The standard InChI is InChI=1S/3C18H15P.2C4H10O2.2ClH.Ru/c3*1-4-10-16(11-5-1)19(17-12-6-2-7-13-17)18-14-8-3-9-15-18;2*1-4(2,3)6-5;;;/h3*1-15H;2*5H,1-3H3;2*1H;/q;;;;;;;+4/p-4. The van der Waals surface area contributed by atoms with Crippen molar-refractivity contribution in [3.8, 4) is 0 Å². The molecule has 0 spiro atoms. The van der Waals surface area contributed by atoms with Gasteiger partial charge < -0.3 is 20.3 Å². The Balaban J connectivity index is 0.000000205. The summed E-state index contributed by atoms with van der Waals surface area (Å²) in [6.07, 6.45) is 0. The van der Waals surface area contributed by atoms with Gasteiger partial charge >= 0.3 is 34.5 Å². The van der Waals surface area contributed by atoms with Crippen molar-refractivity contribution in [3.63, 3.8) is 0 Å². The second kappa shape index (κ2) is 33.9. The van der Waals surface area contributed by atoms with Crippen molar-refractivity contribution in [1.82, 2.24) is 0 Å². The van der Waals surface area contributed by atoms with Crippen LogP contribution in [-0.4, -0.2) is 11.2 Å². The average Bonchev–Trinajstić information content (AvgIpc) is 3.42. The van der Waals surface area contributed by atoms with Gasteiger partial charge in [0.25, 0.3) is 0 Å². The zero-order valence-electron chi connectivity index (χ0n) is 41.6. The van der Waals surface area contributed by atoms with Crippen LogP contribution >= 0.6 is 43.1 Å². The predicted octanol–water partition coefficient (Wildman–Crippen LogP) is 11.9. The second-order valence-corrected chi connectivity index (χ2v) is 26.8. The van der Waals surface area contributed by atoms with Gasteiger partial charge in [-0.15, -0.1) is 0 Å². The maximum absolute atomic E-state index is 9.45. The smallest absolute Gasteiger partial charge is 0.0134 e. The largest absolute Gasteiger partial charge is 0.0622 e. The van der Waals surface area contributed by atoms with Crippen LogP contribution in [0.1, 0.15) is 41.5 Å². The zero-order valence-corrected chi connectivity index (χ0v) is 47.5. The molecule has 0 fully saturated rings. The Morgan fingerprint density at radius 3 is 0.417 bits per heavy atom. The summed E-state index contributed by atoms with van der Waals surface area (Å²) in [7, 11) is 8.37. The van der Waals surface area contributed by atoms with Gasteiger partial charge in [0.05, 0.1) is 0 Å². The van der Waals surface area contributed by atoms with E-state index in [2.05, 4.69) is 283 Å². The first-order valence-electron chi connectivity index (χ1n) is 23.2. The molecule has 9 aromatic carbocycles. The van der Waals surface area contributed by atoms with Crippen LogP contribution in [0.2, 0.25) is 0 Å². The molecule has 0 aliphatic heterocycles. The molecule has 0 bridgehead atoms. The van der Waals surface area contributed by atoms with Crippen LogP contribution in [-0.2, 0) is 24.9 Å². The van der Waals surface area contributed by atoms with Crippen LogP contribution in [0.25, 0.3) is 0 Å². The first-order valence-corrected chi connectivity index (χ1v) is 31.7. The molecule has 0 atom stereocenters. The summed E-state index contributed by atoms with van der Waals surface area (Å²) in [6, 6.07) is 97.0. The van der Waals surface area contributed by atoms with Gasteiger partial charge in [-0.1, -0.05) is 273 Å². The van der Waals surface area contributed by atoms with Crippen LogP contribution in [0.3, 0.4) is 0 Å². The Morgan fingerprint density at radius 1 is 0.264 bits per heavy atom. The number of benzene rings is 9. The van der Waals surface area contributed by atoms with Crippen LogP contribution < -0.4 is 58.3 Å². The van der Waals surface area contributed by atoms with Crippen molar-refractivity contribution >= 4 is 90.9 Å². The summed E-state index contributed by atoms with van der Waals surface area (Å²) in [4.78, 5) is 7.38. The van der Waals surface area contributed by atoms with E-state index < -0.39 is 35.0 Å². The maximum atomic E-state index is 9.45. The van der Waals surface area contributed by atoms with Crippen molar-refractivity contribution in [1.29, 1.82) is 0 Å². The third-order valence-electron chi connectivity index (χ3n) is 9.63. The number of hydrogen-bond donors (Lipinski definition) is 0. The van der Waals surface area contributed by atoms with Gasteiger partial charge in [-0.25, -0.2) is 0 Å². The first-order chi connectivity index (χ1) is 34.9. The second-order valence-electron chi connectivity index (χ2n) is 17.5. The van der Waals surface area contributed by atoms with Crippen molar-refractivity contribution in [2.24, 2.45) is 0 Å². The van der Waals surface area contributed by atoms with Gasteiger partial charge in [0.15, 0.2) is 0 Å². The Morgan fingerprint density at radius 2 is 0.347 bits per heavy atom. The normalized spacial score (nSPS) is 10.6. The SMILES string of the molecule is CC(C)(C)O[O-].CC(C)(C)O[O-].[Cl][Ru+2][Cl].c1ccc(P(c2ccccc2)c2ccccc2)cc1.c1ccc(P(c2ccccc2)c2ccccc2)cc1.c1ccc(P(c2ccccc2)c2ccccc2)cc1. The van der Waals surface area contributed by atoms with Gasteiger partial charge in [-0.05, 0) is 113 Å². The molecule has 9 rings (SSSR count). The van der Waals surface area contributed by atoms with E-state index in [9.17, 15) is 10.5 Å². The minimum Gasteiger partial charge on any atom is -0.0622 e. The number of rotatable bonds is 9. The first kappa shape index (κ1) is 59.9. The molecule has 10 heteroatoms. The van der Waals surface area contributed by atoms with E-state index in [0.717, 1.165) is 0 Å². The molecule has 0 radical (unpaired) electrons. The molecular formula is C62H63Cl2O4P3Ru. The van der Waals surface area contributed by atoms with E-state index in [-0.39, 0.29) is 15.1 Å². The third-order valence-corrected chi connectivity index (χ3v) is 17.0. The minimum atomic E-state index is -0.514.